The van der Waals surface area contributed by atoms with E-state index < -0.39 is 5.54 Å². The Labute approximate surface area is 129 Å². The molecule has 2 N–H and O–H groups in total. The molecule has 3 rings (SSSR count). The molecule has 21 heavy (non-hydrogen) atoms. The van der Waals surface area contributed by atoms with Gasteiger partial charge in [-0.05, 0) is 43.4 Å². The number of nitrogens with two attached hydrogens (primary N) is 1. The van der Waals surface area contributed by atoms with E-state index in [1.54, 1.807) is 0 Å². The molecule has 1 aromatic heterocycles. The minimum absolute atomic E-state index is 0.466. The molecule has 0 aliphatic heterocycles. The van der Waals surface area contributed by atoms with E-state index in [1.807, 2.05) is 25.1 Å². The van der Waals surface area contributed by atoms with Crippen molar-refractivity contribution >= 4 is 11.6 Å². The summed E-state index contributed by atoms with van der Waals surface area (Å²) in [4.78, 5) is 4.55. The molecule has 1 saturated carbocycles. The summed E-state index contributed by atoms with van der Waals surface area (Å²) in [6.45, 7) is 4.17. The van der Waals surface area contributed by atoms with Gasteiger partial charge in [0.2, 0.25) is 0 Å². The maximum absolute atomic E-state index is 6.52. The first-order valence-electron chi connectivity index (χ1n) is 7.38. The molecule has 0 amide bonds. The van der Waals surface area contributed by atoms with E-state index in [-0.39, 0.29) is 0 Å². The largest absolute Gasteiger partial charge is 0.334 e. The fourth-order valence-electron chi connectivity index (χ4n) is 3.17. The van der Waals surface area contributed by atoms with Crippen molar-refractivity contribution in [2.45, 2.75) is 45.1 Å². The molecule has 1 aliphatic carbocycles. The van der Waals surface area contributed by atoms with E-state index in [0.29, 0.717) is 22.7 Å². The van der Waals surface area contributed by atoms with Crippen LogP contribution in [0.5, 0.6) is 0 Å². The van der Waals surface area contributed by atoms with E-state index in [2.05, 4.69) is 17.1 Å². The summed E-state index contributed by atoms with van der Waals surface area (Å²) in [6.07, 6.45) is 4.14. The van der Waals surface area contributed by atoms with E-state index in [9.17, 15) is 0 Å². The summed E-state index contributed by atoms with van der Waals surface area (Å²) in [6, 6.07) is 5.67. The molecular formula is C16H20ClN3O. The van der Waals surface area contributed by atoms with Crippen molar-refractivity contribution in [3.05, 3.63) is 34.6 Å². The molecule has 0 bridgehead atoms. The zero-order valence-electron chi connectivity index (χ0n) is 12.4. The van der Waals surface area contributed by atoms with Crippen molar-refractivity contribution in [2.24, 2.45) is 11.7 Å². The molecule has 1 aromatic carbocycles. The molecule has 1 fully saturated rings. The van der Waals surface area contributed by atoms with Crippen molar-refractivity contribution in [3.8, 4) is 11.5 Å². The van der Waals surface area contributed by atoms with Crippen LogP contribution in [0.3, 0.4) is 0 Å². The number of aromatic nitrogens is 2. The van der Waals surface area contributed by atoms with Gasteiger partial charge in [-0.2, -0.15) is 4.98 Å². The Morgan fingerprint density at radius 1 is 1.43 bits per heavy atom. The third-order valence-electron chi connectivity index (χ3n) is 4.40. The van der Waals surface area contributed by atoms with E-state index in [4.69, 9.17) is 21.9 Å². The average Bonchev–Trinajstić information content (AvgIpc) is 2.92. The van der Waals surface area contributed by atoms with Crippen molar-refractivity contribution in [2.75, 3.05) is 0 Å². The van der Waals surface area contributed by atoms with Crippen LogP contribution in [-0.4, -0.2) is 10.1 Å². The van der Waals surface area contributed by atoms with Gasteiger partial charge in [0.25, 0.3) is 5.89 Å². The Morgan fingerprint density at radius 3 is 3.00 bits per heavy atom. The second kappa shape index (κ2) is 5.43. The van der Waals surface area contributed by atoms with Crippen molar-refractivity contribution in [1.82, 2.24) is 10.1 Å². The monoisotopic (exact) mass is 305 g/mol. The van der Waals surface area contributed by atoms with Crippen molar-refractivity contribution in [1.29, 1.82) is 0 Å². The van der Waals surface area contributed by atoms with E-state index in [1.165, 1.54) is 6.42 Å². The topological polar surface area (TPSA) is 64.9 Å². The Kier molecular flexibility index (Phi) is 3.76. The quantitative estimate of drug-likeness (QED) is 0.908. The van der Waals surface area contributed by atoms with Crippen LogP contribution in [0, 0.1) is 12.8 Å². The molecule has 1 heterocycles. The summed E-state index contributed by atoms with van der Waals surface area (Å²) < 4.78 is 5.44. The van der Waals surface area contributed by atoms with E-state index in [0.717, 1.165) is 30.4 Å². The predicted octanol–water partition coefficient (Wildman–Crippen LogP) is 4.06. The number of benzene rings is 1. The highest BCUT2D eigenvalue weighted by Gasteiger charge is 2.37. The fourth-order valence-corrected chi connectivity index (χ4v) is 3.34. The lowest BCUT2D eigenvalue weighted by Crippen LogP contribution is -2.42. The summed E-state index contributed by atoms with van der Waals surface area (Å²) in [5.41, 5.74) is 7.86. The first-order chi connectivity index (χ1) is 9.99. The van der Waals surface area contributed by atoms with Gasteiger partial charge in [-0.15, -0.1) is 0 Å². The second-order valence-corrected chi connectivity index (χ2v) is 6.60. The average molecular weight is 306 g/mol. The second-order valence-electron chi connectivity index (χ2n) is 6.19. The summed E-state index contributed by atoms with van der Waals surface area (Å²) in [7, 11) is 0. The number of halogens is 1. The third-order valence-corrected chi connectivity index (χ3v) is 4.81. The zero-order valence-corrected chi connectivity index (χ0v) is 13.2. The molecule has 4 nitrogen and oxygen atoms in total. The van der Waals surface area contributed by atoms with Crippen LogP contribution in [0.25, 0.3) is 11.5 Å². The standard InChI is InChI=1S/C16H20ClN3O/c1-10-5-4-8-16(18,9-10)15-19-14(21-20-15)12-6-3-7-13(17)11(12)2/h3,6-7,10H,4-5,8-9,18H2,1-2H3. The van der Waals surface area contributed by atoms with Crippen molar-refractivity contribution in [3.63, 3.8) is 0 Å². The Hall–Kier alpha value is -1.39. The molecule has 2 atom stereocenters. The van der Waals surface area contributed by atoms with Crippen LogP contribution < -0.4 is 5.73 Å². The van der Waals surface area contributed by atoms with Crippen LogP contribution in [0.2, 0.25) is 5.02 Å². The smallest absolute Gasteiger partial charge is 0.258 e. The fraction of sp³-hybridized carbons (Fsp3) is 0.500. The SMILES string of the molecule is Cc1c(Cl)cccc1-c1nc(C2(N)CCCC(C)C2)no1. The van der Waals surface area contributed by atoms with Gasteiger partial charge in [0.1, 0.15) is 0 Å². The Morgan fingerprint density at radius 2 is 2.24 bits per heavy atom. The van der Waals surface area contributed by atoms with Gasteiger partial charge in [-0.1, -0.05) is 42.6 Å². The van der Waals surface area contributed by atoms with Crippen LogP contribution in [0.4, 0.5) is 0 Å². The number of nitrogens with zero attached hydrogens (tertiary/aromatic N) is 2. The normalized spacial score (nSPS) is 26.0. The summed E-state index contributed by atoms with van der Waals surface area (Å²) in [5.74, 6) is 1.70. The molecule has 112 valence electrons. The van der Waals surface area contributed by atoms with E-state index >= 15 is 0 Å². The first kappa shape index (κ1) is 14.5. The van der Waals surface area contributed by atoms with Crippen LogP contribution in [0.15, 0.2) is 22.7 Å². The molecule has 0 radical (unpaired) electrons. The molecule has 0 saturated heterocycles. The lowest BCUT2D eigenvalue weighted by Gasteiger charge is -2.33. The molecule has 2 aromatic rings. The van der Waals surface area contributed by atoms with Crippen molar-refractivity contribution < 1.29 is 4.52 Å². The summed E-state index contributed by atoms with van der Waals surface area (Å²) >= 11 is 6.15. The zero-order chi connectivity index (χ0) is 15.0. The highest BCUT2D eigenvalue weighted by atomic mass is 35.5. The van der Waals surface area contributed by atoms with Crippen LogP contribution >= 0.6 is 11.6 Å². The maximum atomic E-state index is 6.52. The maximum Gasteiger partial charge on any atom is 0.258 e. The van der Waals surface area contributed by atoms with Crippen LogP contribution in [0.1, 0.15) is 44.0 Å². The number of rotatable bonds is 2. The number of hydrogen-bond donors (Lipinski definition) is 1. The molecule has 0 spiro atoms. The minimum Gasteiger partial charge on any atom is -0.334 e. The van der Waals surface area contributed by atoms with Crippen LogP contribution in [-0.2, 0) is 5.54 Å². The Bertz CT molecular complexity index is 655. The number of hydrogen-bond acceptors (Lipinski definition) is 4. The van der Waals surface area contributed by atoms with Gasteiger partial charge < -0.3 is 10.3 Å². The van der Waals surface area contributed by atoms with Gasteiger partial charge >= 0.3 is 0 Å². The highest BCUT2D eigenvalue weighted by Crippen LogP contribution is 2.37. The lowest BCUT2D eigenvalue weighted by atomic mass is 9.76. The third kappa shape index (κ3) is 2.70. The molecule has 5 heteroatoms. The highest BCUT2D eigenvalue weighted by molar-refractivity contribution is 6.31. The van der Waals surface area contributed by atoms with Gasteiger partial charge in [-0.3, -0.25) is 0 Å². The predicted molar refractivity (Wildman–Crippen MR) is 83.0 cm³/mol. The molecule has 1 aliphatic rings. The van der Waals surface area contributed by atoms with Gasteiger partial charge in [0, 0.05) is 10.6 Å². The molecular weight excluding hydrogens is 286 g/mol. The Balaban J connectivity index is 1.95. The summed E-state index contributed by atoms with van der Waals surface area (Å²) in [5, 5.41) is 4.83. The lowest BCUT2D eigenvalue weighted by molar-refractivity contribution is 0.222. The van der Waals surface area contributed by atoms with Gasteiger partial charge in [0.05, 0.1) is 5.54 Å². The van der Waals surface area contributed by atoms with Gasteiger partial charge in [0.15, 0.2) is 5.82 Å². The van der Waals surface area contributed by atoms with Gasteiger partial charge in [-0.25, -0.2) is 0 Å². The molecule has 2 unspecified atom stereocenters. The first-order valence-corrected chi connectivity index (χ1v) is 7.76. The minimum atomic E-state index is -0.466.